The third-order valence-corrected chi connectivity index (χ3v) is 6.47. The molecule has 0 radical (unpaired) electrons. The molecular formula is C22H24N2O4S. The van der Waals surface area contributed by atoms with Gasteiger partial charge in [-0.2, -0.15) is 0 Å². The lowest BCUT2D eigenvalue weighted by atomic mass is 10.2. The van der Waals surface area contributed by atoms with E-state index in [9.17, 15) is 13.2 Å². The maximum absolute atomic E-state index is 13.0. The van der Waals surface area contributed by atoms with Crippen molar-refractivity contribution in [3.8, 4) is 0 Å². The number of amides is 1. The van der Waals surface area contributed by atoms with Gasteiger partial charge in [-0.1, -0.05) is 23.8 Å². The summed E-state index contributed by atoms with van der Waals surface area (Å²) in [7, 11) is -2.31. The summed E-state index contributed by atoms with van der Waals surface area (Å²) in [6.07, 6.45) is 0. The molecule has 1 amide bonds. The van der Waals surface area contributed by atoms with Crippen LogP contribution in [0.4, 0.5) is 5.69 Å². The van der Waals surface area contributed by atoms with Crippen LogP contribution in [0.1, 0.15) is 40.4 Å². The number of nitrogens with zero attached hydrogens (tertiary/aromatic N) is 1. The first-order valence-corrected chi connectivity index (χ1v) is 10.7. The van der Waals surface area contributed by atoms with Crippen LogP contribution in [-0.4, -0.2) is 21.4 Å². The first-order chi connectivity index (χ1) is 13.7. The van der Waals surface area contributed by atoms with Crippen molar-refractivity contribution in [3.63, 3.8) is 0 Å². The zero-order chi connectivity index (χ0) is 21.2. The van der Waals surface area contributed by atoms with Gasteiger partial charge in [0.05, 0.1) is 16.6 Å². The van der Waals surface area contributed by atoms with Crippen molar-refractivity contribution in [1.29, 1.82) is 0 Å². The molecule has 1 heterocycles. The van der Waals surface area contributed by atoms with Gasteiger partial charge in [0.2, 0.25) is 0 Å². The highest BCUT2D eigenvalue weighted by atomic mass is 32.2. The number of benzene rings is 2. The van der Waals surface area contributed by atoms with Crippen molar-refractivity contribution in [3.05, 3.63) is 83.3 Å². The Labute approximate surface area is 171 Å². The van der Waals surface area contributed by atoms with E-state index in [4.69, 9.17) is 4.42 Å². The number of hydrogen-bond acceptors (Lipinski definition) is 4. The van der Waals surface area contributed by atoms with Crippen LogP contribution >= 0.6 is 0 Å². The Balaban J connectivity index is 1.82. The van der Waals surface area contributed by atoms with Crippen LogP contribution in [0, 0.1) is 13.8 Å². The number of carbonyl (C=O) groups excluding carboxylic acids is 1. The van der Waals surface area contributed by atoms with E-state index in [1.54, 1.807) is 30.3 Å². The van der Waals surface area contributed by atoms with Gasteiger partial charge in [0.15, 0.2) is 0 Å². The van der Waals surface area contributed by atoms with Crippen molar-refractivity contribution in [2.45, 2.75) is 31.7 Å². The minimum absolute atomic E-state index is 0.0507. The zero-order valence-corrected chi connectivity index (χ0v) is 17.7. The topological polar surface area (TPSA) is 79.6 Å². The van der Waals surface area contributed by atoms with Gasteiger partial charge in [-0.3, -0.25) is 9.10 Å². The molecule has 0 aliphatic rings. The maximum Gasteiger partial charge on any atom is 0.264 e. The van der Waals surface area contributed by atoms with Gasteiger partial charge in [-0.05, 0) is 63.2 Å². The van der Waals surface area contributed by atoms with Crippen molar-refractivity contribution in [2.24, 2.45) is 0 Å². The predicted molar refractivity (Wildman–Crippen MR) is 113 cm³/mol. The van der Waals surface area contributed by atoms with Crippen LogP contribution in [0.2, 0.25) is 0 Å². The molecule has 0 saturated carbocycles. The Morgan fingerprint density at radius 2 is 1.72 bits per heavy atom. The minimum atomic E-state index is -3.80. The van der Waals surface area contributed by atoms with E-state index in [1.807, 2.05) is 39.0 Å². The summed E-state index contributed by atoms with van der Waals surface area (Å²) in [6, 6.07) is 16.5. The molecule has 0 spiro atoms. The third-order valence-electron chi connectivity index (χ3n) is 4.69. The number of rotatable bonds is 6. The Kier molecular flexibility index (Phi) is 5.79. The fraction of sp³-hybridized carbons (Fsp3) is 0.227. The van der Waals surface area contributed by atoms with E-state index >= 15 is 0 Å². The highest BCUT2D eigenvalue weighted by molar-refractivity contribution is 7.92. The summed E-state index contributed by atoms with van der Waals surface area (Å²) in [5.74, 6) is 1.02. The first kappa shape index (κ1) is 20.7. The molecule has 0 bridgehead atoms. The number of anilines is 1. The van der Waals surface area contributed by atoms with Crippen molar-refractivity contribution in [1.82, 2.24) is 5.32 Å². The van der Waals surface area contributed by atoms with E-state index in [2.05, 4.69) is 5.32 Å². The average molecular weight is 413 g/mol. The Morgan fingerprint density at radius 3 is 2.34 bits per heavy atom. The average Bonchev–Trinajstić information content (AvgIpc) is 3.14. The second-order valence-corrected chi connectivity index (χ2v) is 8.95. The quantitative estimate of drug-likeness (QED) is 0.658. The van der Waals surface area contributed by atoms with E-state index in [1.165, 1.54) is 23.5 Å². The SMILES string of the molecule is Cc1ccc(N(C)S(=O)(=O)c2cccc(C(=O)NC(C)c3ccc(C)o3)c2)cc1. The number of nitrogens with one attached hydrogen (secondary N) is 1. The number of furan rings is 1. The number of aryl methyl sites for hydroxylation is 2. The second-order valence-electron chi connectivity index (χ2n) is 6.98. The normalized spacial score (nSPS) is 12.4. The van der Waals surface area contributed by atoms with E-state index in [-0.39, 0.29) is 22.4 Å². The minimum Gasteiger partial charge on any atom is -0.464 e. The summed E-state index contributed by atoms with van der Waals surface area (Å²) in [5.41, 5.74) is 1.85. The molecule has 152 valence electrons. The van der Waals surface area contributed by atoms with Crippen LogP contribution < -0.4 is 9.62 Å². The van der Waals surface area contributed by atoms with Gasteiger partial charge in [-0.15, -0.1) is 0 Å². The molecule has 3 aromatic rings. The lowest BCUT2D eigenvalue weighted by Crippen LogP contribution is -2.28. The monoisotopic (exact) mass is 412 g/mol. The van der Waals surface area contributed by atoms with Gasteiger partial charge in [-0.25, -0.2) is 8.42 Å². The molecule has 2 aromatic carbocycles. The Bertz CT molecular complexity index is 1120. The Morgan fingerprint density at radius 1 is 1.03 bits per heavy atom. The van der Waals surface area contributed by atoms with Gasteiger partial charge in [0.1, 0.15) is 11.5 Å². The van der Waals surface area contributed by atoms with Crippen LogP contribution in [0.15, 0.2) is 70.0 Å². The van der Waals surface area contributed by atoms with Gasteiger partial charge < -0.3 is 9.73 Å². The lowest BCUT2D eigenvalue weighted by Gasteiger charge is -2.20. The number of hydrogen-bond donors (Lipinski definition) is 1. The molecule has 1 aromatic heterocycles. The summed E-state index contributed by atoms with van der Waals surface area (Å²) in [6.45, 7) is 5.57. The second kappa shape index (κ2) is 8.13. The van der Waals surface area contributed by atoms with E-state index in [0.717, 1.165) is 11.3 Å². The molecule has 1 atom stereocenters. The first-order valence-electron chi connectivity index (χ1n) is 9.21. The van der Waals surface area contributed by atoms with Crippen LogP contribution in [0.5, 0.6) is 0 Å². The fourth-order valence-electron chi connectivity index (χ4n) is 2.89. The standard InChI is InChI=1S/C22H24N2O4S/c1-15-8-11-19(12-9-15)24(4)29(26,27)20-7-5-6-18(14-20)22(25)23-17(3)21-13-10-16(2)28-21/h5-14,17H,1-4H3,(H,23,25). The van der Waals surface area contributed by atoms with E-state index in [0.29, 0.717) is 11.4 Å². The van der Waals surface area contributed by atoms with Crippen molar-refractivity contribution >= 4 is 21.6 Å². The number of sulfonamides is 1. The molecule has 1 unspecified atom stereocenters. The van der Waals surface area contributed by atoms with Gasteiger partial charge in [0.25, 0.3) is 15.9 Å². The maximum atomic E-state index is 13.0. The Hall–Kier alpha value is -3.06. The summed E-state index contributed by atoms with van der Waals surface area (Å²) < 4.78 is 32.8. The lowest BCUT2D eigenvalue weighted by molar-refractivity contribution is 0.0935. The van der Waals surface area contributed by atoms with Crippen molar-refractivity contribution < 1.29 is 17.6 Å². The molecule has 3 rings (SSSR count). The van der Waals surface area contributed by atoms with Crippen LogP contribution in [-0.2, 0) is 10.0 Å². The van der Waals surface area contributed by atoms with Crippen LogP contribution in [0.3, 0.4) is 0 Å². The molecular weight excluding hydrogens is 388 g/mol. The number of carbonyl (C=O) groups is 1. The molecule has 7 heteroatoms. The largest absolute Gasteiger partial charge is 0.464 e. The summed E-state index contributed by atoms with van der Waals surface area (Å²) in [5, 5.41) is 2.83. The highest BCUT2D eigenvalue weighted by Gasteiger charge is 2.23. The van der Waals surface area contributed by atoms with Crippen LogP contribution in [0.25, 0.3) is 0 Å². The summed E-state index contributed by atoms with van der Waals surface area (Å²) >= 11 is 0. The molecule has 0 fully saturated rings. The third kappa shape index (κ3) is 4.51. The smallest absolute Gasteiger partial charge is 0.264 e. The zero-order valence-electron chi connectivity index (χ0n) is 16.8. The highest BCUT2D eigenvalue weighted by Crippen LogP contribution is 2.23. The van der Waals surface area contributed by atoms with E-state index < -0.39 is 10.0 Å². The van der Waals surface area contributed by atoms with Crippen molar-refractivity contribution in [2.75, 3.05) is 11.4 Å². The molecule has 6 nitrogen and oxygen atoms in total. The fourth-order valence-corrected chi connectivity index (χ4v) is 4.13. The molecule has 0 aliphatic heterocycles. The predicted octanol–water partition coefficient (Wildman–Crippen LogP) is 4.21. The summed E-state index contributed by atoms with van der Waals surface area (Å²) in [4.78, 5) is 12.7. The molecule has 0 saturated heterocycles. The molecule has 0 aliphatic carbocycles. The molecule has 29 heavy (non-hydrogen) atoms. The van der Waals surface area contributed by atoms with Gasteiger partial charge in [0, 0.05) is 12.6 Å². The van der Waals surface area contributed by atoms with Gasteiger partial charge >= 0.3 is 0 Å². The molecule has 1 N–H and O–H groups in total.